The fourth-order valence-corrected chi connectivity index (χ4v) is 6.29. The summed E-state index contributed by atoms with van der Waals surface area (Å²) in [6.07, 6.45) is -4.71. The van der Waals surface area contributed by atoms with E-state index in [-0.39, 0.29) is 17.9 Å². The Morgan fingerprint density at radius 2 is 1.78 bits per heavy atom. The van der Waals surface area contributed by atoms with Gasteiger partial charge in [-0.2, -0.15) is 13.2 Å². The number of methoxy groups -OCH3 is 1. The van der Waals surface area contributed by atoms with E-state index in [1.165, 1.54) is 17.6 Å². The smallest absolute Gasteiger partial charge is 0.475 e. The number of amidine groups is 1. The third-order valence-electron chi connectivity index (χ3n) is 6.88. The maximum atomic E-state index is 13.2. The molecule has 13 heteroatoms. The first-order valence-corrected chi connectivity index (χ1v) is 12.6. The Morgan fingerprint density at radius 1 is 1.19 bits per heavy atom. The molecule has 1 aromatic rings. The van der Waals surface area contributed by atoms with Crippen molar-refractivity contribution in [2.75, 3.05) is 20.2 Å². The number of hydrogen-bond acceptors (Lipinski definition) is 8. The van der Waals surface area contributed by atoms with E-state index in [4.69, 9.17) is 19.6 Å². The number of carboxylic acids is 1. The molecule has 3 heterocycles. The van der Waals surface area contributed by atoms with E-state index >= 15 is 0 Å². The van der Waals surface area contributed by atoms with E-state index in [9.17, 15) is 27.6 Å². The Morgan fingerprint density at radius 3 is 2.27 bits per heavy atom. The molecular formula is C24H28F3N3O6S. The fraction of sp³-hybridized carbons (Fsp3) is 0.542. The average molecular weight is 544 g/mol. The van der Waals surface area contributed by atoms with E-state index in [0.29, 0.717) is 30.4 Å². The zero-order valence-electron chi connectivity index (χ0n) is 20.7. The van der Waals surface area contributed by atoms with Crippen LogP contribution < -0.4 is 0 Å². The van der Waals surface area contributed by atoms with E-state index < -0.39 is 35.5 Å². The number of carbonyl (C=O) groups is 4. The van der Waals surface area contributed by atoms with Crippen molar-refractivity contribution in [3.05, 3.63) is 35.4 Å². The molecule has 1 N–H and O–H groups in total. The summed E-state index contributed by atoms with van der Waals surface area (Å²) in [5.74, 6) is -4.27. The van der Waals surface area contributed by atoms with Gasteiger partial charge in [0, 0.05) is 12.3 Å². The highest BCUT2D eigenvalue weighted by Gasteiger charge is 2.73. The van der Waals surface area contributed by atoms with Gasteiger partial charge in [-0.3, -0.25) is 19.5 Å². The number of esters is 1. The Labute approximate surface area is 216 Å². The summed E-state index contributed by atoms with van der Waals surface area (Å²) in [5, 5.41) is 7.84. The number of carboxylic acid groups (broad SMARTS) is 1. The number of rotatable bonds is 5. The summed E-state index contributed by atoms with van der Waals surface area (Å²) in [6, 6.07) is 8.00. The summed E-state index contributed by atoms with van der Waals surface area (Å²) in [6.45, 7) is 6.43. The van der Waals surface area contributed by atoms with Gasteiger partial charge in [0.1, 0.15) is 0 Å². The van der Waals surface area contributed by atoms with E-state index in [1.54, 1.807) is 18.7 Å². The first kappa shape index (κ1) is 28.5. The summed E-state index contributed by atoms with van der Waals surface area (Å²) in [7, 11) is 1.34. The number of aliphatic carboxylic acids is 1. The van der Waals surface area contributed by atoms with Crippen LogP contribution in [0.15, 0.2) is 29.3 Å². The average Bonchev–Trinajstić information content (AvgIpc) is 3.47. The number of fused-ring (bicyclic) bond motifs is 3. The molecule has 0 bridgehead atoms. The molecule has 4 rings (SSSR count). The van der Waals surface area contributed by atoms with Crippen molar-refractivity contribution in [3.8, 4) is 0 Å². The van der Waals surface area contributed by atoms with Crippen LogP contribution in [0.2, 0.25) is 0 Å². The Balaban J connectivity index is 0.000000479. The van der Waals surface area contributed by atoms with Crippen molar-refractivity contribution in [1.29, 1.82) is 0 Å². The first-order valence-electron chi connectivity index (χ1n) is 11.6. The fourth-order valence-electron chi connectivity index (χ4n) is 5.20. The topological polar surface area (TPSA) is 117 Å². The number of halogens is 3. The molecule has 9 nitrogen and oxygen atoms in total. The summed E-state index contributed by atoms with van der Waals surface area (Å²) < 4.78 is 36.9. The predicted molar refractivity (Wildman–Crippen MR) is 129 cm³/mol. The molecule has 3 aliphatic rings. The van der Waals surface area contributed by atoms with E-state index in [2.05, 4.69) is 24.3 Å². The largest absolute Gasteiger partial charge is 0.490 e. The van der Waals surface area contributed by atoms with Crippen molar-refractivity contribution >= 4 is 40.7 Å². The number of benzene rings is 1. The lowest BCUT2D eigenvalue weighted by molar-refractivity contribution is -0.192. The molecule has 0 radical (unpaired) electrons. The van der Waals surface area contributed by atoms with Gasteiger partial charge in [0.25, 0.3) is 0 Å². The van der Waals surface area contributed by atoms with Crippen LogP contribution in [0, 0.1) is 18.8 Å². The van der Waals surface area contributed by atoms with Crippen LogP contribution in [0.5, 0.6) is 0 Å². The molecule has 1 aromatic carbocycles. The van der Waals surface area contributed by atoms with Crippen LogP contribution in [0.4, 0.5) is 13.2 Å². The maximum Gasteiger partial charge on any atom is 0.490 e. The number of hydrogen-bond donors (Lipinski definition) is 1. The highest BCUT2D eigenvalue weighted by Crippen LogP contribution is 2.53. The molecule has 4 atom stereocenters. The van der Waals surface area contributed by atoms with Gasteiger partial charge in [0.05, 0.1) is 31.5 Å². The number of nitrogens with zero attached hydrogens (tertiary/aromatic N) is 3. The van der Waals surface area contributed by atoms with Crippen molar-refractivity contribution in [2.24, 2.45) is 16.8 Å². The molecule has 2 saturated heterocycles. The Bertz CT molecular complexity index is 1110. The van der Waals surface area contributed by atoms with Crippen LogP contribution in [-0.4, -0.2) is 81.8 Å². The number of likely N-dealkylation sites (tertiary alicyclic amines) is 1. The van der Waals surface area contributed by atoms with Crippen LogP contribution in [0.1, 0.15) is 31.4 Å². The molecule has 0 unspecified atom stereocenters. The van der Waals surface area contributed by atoms with Gasteiger partial charge in [-0.1, -0.05) is 48.5 Å². The van der Waals surface area contributed by atoms with Crippen molar-refractivity contribution in [3.63, 3.8) is 0 Å². The van der Waals surface area contributed by atoms with Gasteiger partial charge in [0.15, 0.2) is 10.7 Å². The van der Waals surface area contributed by atoms with Gasteiger partial charge in [-0.25, -0.2) is 9.59 Å². The normalized spacial score (nSPS) is 26.4. The minimum atomic E-state index is -5.08. The zero-order valence-corrected chi connectivity index (χ0v) is 21.6. The molecular weight excluding hydrogens is 515 g/mol. The van der Waals surface area contributed by atoms with Crippen molar-refractivity contribution < 1.29 is 42.2 Å². The minimum Gasteiger partial charge on any atom is -0.475 e. The molecule has 2 amide bonds. The number of thioether (sulfide) groups is 1. The van der Waals surface area contributed by atoms with Gasteiger partial charge in [0.2, 0.25) is 11.8 Å². The highest BCUT2D eigenvalue weighted by molar-refractivity contribution is 8.13. The number of aliphatic imine (C=N–C) groups is 1. The van der Waals surface area contributed by atoms with Gasteiger partial charge in [-0.05, 0) is 25.8 Å². The molecule has 0 spiro atoms. The van der Waals surface area contributed by atoms with Crippen LogP contribution in [0.25, 0.3) is 0 Å². The van der Waals surface area contributed by atoms with Crippen molar-refractivity contribution in [2.45, 2.75) is 50.7 Å². The quantitative estimate of drug-likeness (QED) is 0.445. The number of ether oxygens (including phenoxy) is 1. The number of aryl methyl sites for hydroxylation is 1. The molecule has 0 aliphatic carbocycles. The molecule has 0 aromatic heterocycles. The Hall–Kier alpha value is -3.09. The third-order valence-corrected chi connectivity index (χ3v) is 7.94. The molecule has 0 saturated carbocycles. The summed E-state index contributed by atoms with van der Waals surface area (Å²) in [5.41, 5.74) is 1.15. The number of carbonyl (C=O) groups excluding carboxylic acids is 3. The number of amides is 2. The van der Waals surface area contributed by atoms with Crippen LogP contribution in [-0.2, 0) is 29.7 Å². The predicted octanol–water partition coefficient (Wildman–Crippen LogP) is 2.86. The molecule has 202 valence electrons. The van der Waals surface area contributed by atoms with Gasteiger partial charge in [-0.15, -0.1) is 0 Å². The lowest BCUT2D eigenvalue weighted by Gasteiger charge is -2.39. The second-order valence-electron chi connectivity index (χ2n) is 8.83. The molecule has 3 aliphatic heterocycles. The minimum absolute atomic E-state index is 0.193. The van der Waals surface area contributed by atoms with Gasteiger partial charge < -0.3 is 14.7 Å². The summed E-state index contributed by atoms with van der Waals surface area (Å²) in [4.78, 5) is 56.2. The van der Waals surface area contributed by atoms with Gasteiger partial charge >= 0.3 is 18.1 Å². The SMILES string of the molecule is CCN1C(=O)[C@H]2[C@H]3CN=C(SCc4ccc(C)cc4)N3[C@@](CC)(C(=O)OC)[C@H]2C1=O.O=C(O)C(F)(F)F. The van der Waals surface area contributed by atoms with Crippen molar-refractivity contribution in [1.82, 2.24) is 9.80 Å². The third kappa shape index (κ3) is 4.92. The summed E-state index contributed by atoms with van der Waals surface area (Å²) >= 11 is 1.54. The van der Waals surface area contributed by atoms with Crippen LogP contribution in [0.3, 0.4) is 0 Å². The second-order valence-corrected chi connectivity index (χ2v) is 9.77. The molecule has 2 fully saturated rings. The lowest BCUT2D eigenvalue weighted by atomic mass is 9.78. The monoisotopic (exact) mass is 543 g/mol. The number of alkyl halides is 3. The molecule has 37 heavy (non-hydrogen) atoms. The van der Waals surface area contributed by atoms with E-state index in [0.717, 1.165) is 5.56 Å². The van der Waals surface area contributed by atoms with Crippen LogP contribution >= 0.6 is 11.8 Å². The maximum absolute atomic E-state index is 13.2. The standard InChI is InChI=1S/C22H27N3O4S.C2HF3O2/c1-5-22(20(28)29-4)17-16(18(26)24(6-2)19(17)27)15-11-23-21(25(15)22)30-12-14-9-7-13(3)8-10-14;3-2(4,5)1(6)7/h7-10,15-17H,5-6,11-12H2,1-4H3;(H,6,7)/t15-,16+,17-,22-;/m1./s1. The Kier molecular flexibility index (Phi) is 8.25. The first-order chi connectivity index (χ1) is 17.3. The highest BCUT2D eigenvalue weighted by atomic mass is 32.2. The van der Waals surface area contributed by atoms with E-state index in [1.807, 2.05) is 18.7 Å². The lowest BCUT2D eigenvalue weighted by Crippen LogP contribution is -2.59. The zero-order chi connectivity index (χ0) is 27.7. The second kappa shape index (κ2) is 10.7. The number of imide groups is 1.